The third-order valence-corrected chi connectivity index (χ3v) is 5.15. The third kappa shape index (κ3) is 4.42. The second-order valence-corrected chi connectivity index (χ2v) is 6.96. The zero-order chi connectivity index (χ0) is 20.1. The topological polar surface area (TPSA) is 78.7 Å². The lowest BCUT2D eigenvalue weighted by Gasteiger charge is -2.36. The molecule has 1 saturated heterocycles. The molecule has 3 rings (SSSR count). The van der Waals surface area contributed by atoms with Crippen LogP contribution >= 0.6 is 0 Å². The summed E-state index contributed by atoms with van der Waals surface area (Å²) >= 11 is 0. The number of carbonyl (C=O) groups excluding carboxylic acids is 1. The number of piperazine rings is 1. The first-order valence-corrected chi connectivity index (χ1v) is 9.62. The fourth-order valence-corrected chi connectivity index (χ4v) is 3.49. The van der Waals surface area contributed by atoms with Crippen LogP contribution < -0.4 is 10.2 Å². The number of amides is 1. The number of carbonyl (C=O) groups is 1. The number of nitrogens with one attached hydrogen (secondary N) is 1. The molecule has 1 unspecified atom stereocenters. The van der Waals surface area contributed by atoms with E-state index in [1.54, 1.807) is 12.1 Å². The predicted molar refractivity (Wildman–Crippen MR) is 111 cm³/mol. The number of hydrogen-bond acceptors (Lipinski definition) is 5. The summed E-state index contributed by atoms with van der Waals surface area (Å²) in [5.74, 6) is 0.169. The maximum absolute atomic E-state index is 11.9. The monoisotopic (exact) mass is 382 g/mol. The van der Waals surface area contributed by atoms with Gasteiger partial charge < -0.3 is 15.1 Å². The van der Waals surface area contributed by atoms with Crippen LogP contribution in [-0.2, 0) is 4.79 Å². The van der Waals surface area contributed by atoms with Crippen LogP contribution in [0.1, 0.15) is 31.9 Å². The zero-order valence-corrected chi connectivity index (χ0v) is 16.3. The predicted octanol–water partition coefficient (Wildman–Crippen LogP) is 3.83. The normalized spacial score (nSPS) is 15.2. The van der Waals surface area contributed by atoms with Gasteiger partial charge in [0.25, 0.3) is 5.69 Å². The van der Waals surface area contributed by atoms with E-state index in [2.05, 4.69) is 10.2 Å². The molecule has 0 aromatic heterocycles. The summed E-state index contributed by atoms with van der Waals surface area (Å²) in [5, 5.41) is 14.8. The van der Waals surface area contributed by atoms with Crippen LogP contribution in [-0.4, -0.2) is 41.9 Å². The van der Waals surface area contributed by atoms with Gasteiger partial charge in [-0.2, -0.15) is 0 Å². The van der Waals surface area contributed by atoms with Gasteiger partial charge in [-0.05, 0) is 24.6 Å². The molecule has 7 nitrogen and oxygen atoms in total. The van der Waals surface area contributed by atoms with Crippen LogP contribution in [0.3, 0.4) is 0 Å². The van der Waals surface area contributed by atoms with Crippen molar-refractivity contribution in [3.63, 3.8) is 0 Å². The van der Waals surface area contributed by atoms with Gasteiger partial charge in [0.1, 0.15) is 5.69 Å². The number of hydrogen-bond donors (Lipinski definition) is 1. The van der Waals surface area contributed by atoms with E-state index in [1.807, 2.05) is 55.1 Å². The van der Waals surface area contributed by atoms with Gasteiger partial charge >= 0.3 is 0 Å². The molecular formula is C21H26N4O3. The molecule has 1 amide bonds. The van der Waals surface area contributed by atoms with Crippen molar-refractivity contribution in [2.24, 2.45) is 0 Å². The van der Waals surface area contributed by atoms with Crippen molar-refractivity contribution in [2.45, 2.75) is 26.3 Å². The summed E-state index contributed by atoms with van der Waals surface area (Å²) in [7, 11) is 0. The summed E-state index contributed by atoms with van der Waals surface area (Å²) < 4.78 is 0. The van der Waals surface area contributed by atoms with E-state index in [9.17, 15) is 14.9 Å². The Balaban J connectivity index is 1.78. The highest BCUT2D eigenvalue weighted by Crippen LogP contribution is 2.32. The number of nitro groups is 1. The minimum atomic E-state index is -0.359. The maximum atomic E-state index is 11.9. The van der Waals surface area contributed by atoms with E-state index in [0.29, 0.717) is 25.2 Å². The van der Waals surface area contributed by atoms with Gasteiger partial charge in [-0.3, -0.25) is 14.9 Å². The lowest BCUT2D eigenvalue weighted by Crippen LogP contribution is -2.48. The molecule has 1 heterocycles. The first kappa shape index (κ1) is 19.7. The summed E-state index contributed by atoms with van der Waals surface area (Å²) in [6, 6.07) is 15.0. The van der Waals surface area contributed by atoms with Crippen LogP contribution in [0.4, 0.5) is 17.1 Å². The first-order chi connectivity index (χ1) is 13.5. The molecular weight excluding hydrogens is 356 g/mol. The molecule has 1 fully saturated rings. The Morgan fingerprint density at radius 1 is 1.14 bits per heavy atom. The first-order valence-electron chi connectivity index (χ1n) is 9.62. The maximum Gasteiger partial charge on any atom is 0.292 e. The number of nitrogens with zero attached hydrogens (tertiary/aromatic N) is 3. The van der Waals surface area contributed by atoms with Gasteiger partial charge in [0.2, 0.25) is 5.91 Å². The lowest BCUT2D eigenvalue weighted by molar-refractivity contribution is -0.384. The Morgan fingerprint density at radius 3 is 2.43 bits per heavy atom. The Labute approximate surface area is 165 Å². The highest BCUT2D eigenvalue weighted by Gasteiger charge is 2.23. The molecule has 0 saturated carbocycles. The molecule has 1 atom stereocenters. The van der Waals surface area contributed by atoms with Crippen LogP contribution in [0.25, 0.3) is 0 Å². The van der Waals surface area contributed by atoms with E-state index in [4.69, 9.17) is 0 Å². The average molecular weight is 382 g/mol. The van der Waals surface area contributed by atoms with Crippen LogP contribution in [0.5, 0.6) is 0 Å². The molecule has 1 N–H and O–H groups in total. The molecule has 0 spiro atoms. The van der Waals surface area contributed by atoms with Gasteiger partial charge in [0, 0.05) is 50.4 Å². The minimum absolute atomic E-state index is 0.0610. The van der Waals surface area contributed by atoms with Gasteiger partial charge in [0.05, 0.1) is 4.92 Å². The number of anilines is 2. The van der Waals surface area contributed by atoms with Gasteiger partial charge in [-0.1, -0.05) is 37.3 Å². The van der Waals surface area contributed by atoms with Crippen molar-refractivity contribution in [1.29, 1.82) is 0 Å². The Morgan fingerprint density at radius 2 is 1.82 bits per heavy atom. The van der Waals surface area contributed by atoms with Crippen molar-refractivity contribution in [1.82, 2.24) is 4.90 Å². The molecule has 2 aromatic rings. The van der Waals surface area contributed by atoms with Crippen molar-refractivity contribution in [2.75, 3.05) is 36.4 Å². The minimum Gasteiger partial charge on any atom is -0.373 e. The third-order valence-electron chi connectivity index (χ3n) is 5.15. The van der Waals surface area contributed by atoms with E-state index in [-0.39, 0.29) is 22.6 Å². The van der Waals surface area contributed by atoms with Crippen LogP contribution in [0.15, 0.2) is 48.5 Å². The zero-order valence-electron chi connectivity index (χ0n) is 16.3. The van der Waals surface area contributed by atoms with Crippen molar-refractivity contribution >= 4 is 23.0 Å². The van der Waals surface area contributed by atoms with E-state index >= 15 is 0 Å². The molecule has 1 aliphatic rings. The van der Waals surface area contributed by atoms with Crippen LogP contribution in [0, 0.1) is 10.1 Å². The van der Waals surface area contributed by atoms with Crippen molar-refractivity contribution in [3.05, 3.63) is 64.2 Å². The summed E-state index contributed by atoms with van der Waals surface area (Å²) in [5.41, 5.74) is 2.56. The molecule has 28 heavy (non-hydrogen) atoms. The highest BCUT2D eigenvalue weighted by atomic mass is 16.6. The van der Waals surface area contributed by atoms with Gasteiger partial charge in [-0.25, -0.2) is 0 Å². The summed E-state index contributed by atoms with van der Waals surface area (Å²) in [6.45, 7) is 6.64. The van der Waals surface area contributed by atoms with E-state index < -0.39 is 0 Å². The number of nitro benzene ring substituents is 1. The molecule has 0 aliphatic carbocycles. The highest BCUT2D eigenvalue weighted by molar-refractivity contribution is 5.76. The van der Waals surface area contributed by atoms with Crippen molar-refractivity contribution < 1.29 is 9.72 Å². The smallest absolute Gasteiger partial charge is 0.292 e. The van der Waals surface area contributed by atoms with E-state index in [1.165, 1.54) is 0 Å². The Kier molecular flexibility index (Phi) is 6.13. The molecule has 0 bridgehead atoms. The summed E-state index contributed by atoms with van der Waals surface area (Å²) in [4.78, 5) is 27.0. The molecule has 148 valence electrons. The second kappa shape index (κ2) is 8.73. The number of rotatable bonds is 6. The van der Waals surface area contributed by atoms with Crippen molar-refractivity contribution in [3.8, 4) is 0 Å². The molecule has 1 aliphatic heterocycles. The van der Waals surface area contributed by atoms with E-state index in [0.717, 1.165) is 24.3 Å². The molecule has 0 radical (unpaired) electrons. The Bertz CT molecular complexity index is 833. The SMILES string of the molecule is CCC(=O)N1CCN(c2ccc([N+](=O)[O-])c(NC(C)c3ccccc3)c2)CC1. The number of benzene rings is 2. The Hall–Kier alpha value is -3.09. The van der Waals surface area contributed by atoms with Gasteiger partial charge in [0.15, 0.2) is 0 Å². The van der Waals surface area contributed by atoms with Crippen LogP contribution in [0.2, 0.25) is 0 Å². The average Bonchev–Trinajstić information content (AvgIpc) is 2.73. The quantitative estimate of drug-likeness (QED) is 0.607. The standard InChI is InChI=1S/C21H26N4O3/c1-3-21(26)24-13-11-23(12-14-24)18-9-10-20(25(27)28)19(15-18)22-16(2)17-7-5-4-6-8-17/h4-10,15-16,22H,3,11-14H2,1-2H3. The molecule has 2 aromatic carbocycles. The lowest BCUT2D eigenvalue weighted by atomic mass is 10.1. The summed E-state index contributed by atoms with van der Waals surface area (Å²) in [6.07, 6.45) is 0.517. The molecule has 7 heteroatoms. The fourth-order valence-electron chi connectivity index (χ4n) is 3.49. The fraction of sp³-hybridized carbons (Fsp3) is 0.381. The van der Waals surface area contributed by atoms with Gasteiger partial charge in [-0.15, -0.1) is 0 Å². The second-order valence-electron chi connectivity index (χ2n) is 6.96. The largest absolute Gasteiger partial charge is 0.373 e.